The number of aromatic hydroxyl groups is 1. The summed E-state index contributed by atoms with van der Waals surface area (Å²) in [5.41, 5.74) is 5.73. The van der Waals surface area contributed by atoms with Gasteiger partial charge in [-0.2, -0.15) is 0 Å². The smallest absolute Gasteiger partial charge is 0.121 e. The average molecular weight is 269 g/mol. The molecule has 0 radical (unpaired) electrons. The average Bonchev–Trinajstić information content (AvgIpc) is 2.40. The zero-order chi connectivity index (χ0) is 14.7. The lowest BCUT2D eigenvalue weighted by molar-refractivity contribution is 0.465. The number of aryl methyl sites for hydroxylation is 3. The van der Waals surface area contributed by atoms with E-state index in [1.807, 2.05) is 25.1 Å². The Morgan fingerprint density at radius 3 is 2.55 bits per heavy atom. The van der Waals surface area contributed by atoms with Crippen LogP contribution in [0, 0.1) is 13.8 Å². The number of hydrogen-bond donors (Lipinski definition) is 2. The summed E-state index contributed by atoms with van der Waals surface area (Å²) in [6.45, 7) is 8.34. The molecule has 2 heteroatoms. The van der Waals surface area contributed by atoms with Crippen molar-refractivity contribution in [2.24, 2.45) is 0 Å². The first-order valence-electron chi connectivity index (χ1n) is 7.17. The number of para-hydroxylation sites is 1. The third kappa shape index (κ3) is 2.96. The third-order valence-electron chi connectivity index (χ3n) is 3.75. The predicted molar refractivity (Wildman–Crippen MR) is 85.4 cm³/mol. The van der Waals surface area contributed by atoms with Gasteiger partial charge in [0.2, 0.25) is 0 Å². The van der Waals surface area contributed by atoms with Gasteiger partial charge < -0.3 is 10.4 Å². The van der Waals surface area contributed by atoms with Gasteiger partial charge in [-0.1, -0.05) is 37.3 Å². The van der Waals surface area contributed by atoms with Gasteiger partial charge in [-0.15, -0.1) is 0 Å². The highest BCUT2D eigenvalue weighted by Gasteiger charge is 2.13. The van der Waals surface area contributed by atoms with Crippen molar-refractivity contribution in [3.8, 4) is 5.75 Å². The molecule has 20 heavy (non-hydrogen) atoms. The van der Waals surface area contributed by atoms with Gasteiger partial charge in [-0.05, 0) is 49.9 Å². The molecule has 106 valence electrons. The van der Waals surface area contributed by atoms with Crippen molar-refractivity contribution in [3.05, 3.63) is 58.7 Å². The highest BCUT2D eigenvalue weighted by molar-refractivity contribution is 5.59. The second-order valence-corrected chi connectivity index (χ2v) is 5.39. The maximum absolute atomic E-state index is 10.1. The molecular weight excluding hydrogens is 246 g/mol. The predicted octanol–water partition coefficient (Wildman–Crippen LogP) is 4.74. The van der Waals surface area contributed by atoms with E-state index in [1.54, 1.807) is 0 Å². The Labute approximate surface area is 121 Å². The number of nitrogens with one attached hydrogen (secondary N) is 1. The van der Waals surface area contributed by atoms with Crippen LogP contribution < -0.4 is 5.32 Å². The zero-order valence-corrected chi connectivity index (χ0v) is 12.7. The second kappa shape index (κ2) is 6.00. The van der Waals surface area contributed by atoms with Crippen LogP contribution in [0.25, 0.3) is 0 Å². The van der Waals surface area contributed by atoms with Crippen molar-refractivity contribution >= 4 is 5.69 Å². The van der Waals surface area contributed by atoms with Gasteiger partial charge in [0.25, 0.3) is 0 Å². The number of phenolic OH excluding ortho intramolecular Hbond substituents is 1. The van der Waals surface area contributed by atoms with Gasteiger partial charge in [0, 0.05) is 11.3 Å². The molecule has 1 unspecified atom stereocenters. The van der Waals surface area contributed by atoms with E-state index in [-0.39, 0.29) is 6.04 Å². The number of benzene rings is 2. The van der Waals surface area contributed by atoms with Crippen molar-refractivity contribution in [1.82, 2.24) is 0 Å². The van der Waals surface area contributed by atoms with Crippen LogP contribution in [0.2, 0.25) is 0 Å². The minimum absolute atomic E-state index is 0.0713. The van der Waals surface area contributed by atoms with Crippen molar-refractivity contribution < 1.29 is 5.11 Å². The molecule has 0 bridgehead atoms. The van der Waals surface area contributed by atoms with E-state index in [9.17, 15) is 5.11 Å². The van der Waals surface area contributed by atoms with Crippen LogP contribution in [0.15, 0.2) is 36.4 Å². The minimum Gasteiger partial charge on any atom is -0.508 e. The Morgan fingerprint density at radius 1 is 1.15 bits per heavy atom. The Balaban J connectivity index is 2.30. The molecule has 0 saturated heterocycles. The number of anilines is 1. The molecule has 2 N–H and O–H groups in total. The van der Waals surface area contributed by atoms with Gasteiger partial charge in [-0.25, -0.2) is 0 Å². The van der Waals surface area contributed by atoms with Crippen LogP contribution in [-0.4, -0.2) is 5.11 Å². The monoisotopic (exact) mass is 269 g/mol. The molecule has 0 aliphatic heterocycles. The van der Waals surface area contributed by atoms with Crippen LogP contribution in [0.4, 0.5) is 5.69 Å². The summed E-state index contributed by atoms with van der Waals surface area (Å²) in [5.74, 6) is 0.358. The SMILES string of the molecule is CCc1cccc(C)c1NC(C)c1ccc(C)cc1O. The van der Waals surface area contributed by atoms with E-state index in [0.717, 1.165) is 17.5 Å². The molecule has 0 heterocycles. The maximum Gasteiger partial charge on any atom is 0.121 e. The Kier molecular flexibility index (Phi) is 4.33. The van der Waals surface area contributed by atoms with Crippen molar-refractivity contribution in [1.29, 1.82) is 0 Å². The summed E-state index contributed by atoms with van der Waals surface area (Å²) in [7, 11) is 0. The first-order valence-corrected chi connectivity index (χ1v) is 7.17. The number of rotatable bonds is 4. The highest BCUT2D eigenvalue weighted by atomic mass is 16.3. The third-order valence-corrected chi connectivity index (χ3v) is 3.75. The number of phenols is 1. The molecule has 0 aliphatic carbocycles. The van der Waals surface area contributed by atoms with Gasteiger partial charge in [-0.3, -0.25) is 0 Å². The number of hydrogen-bond acceptors (Lipinski definition) is 2. The van der Waals surface area contributed by atoms with Gasteiger partial charge in [0.05, 0.1) is 6.04 Å². The quantitative estimate of drug-likeness (QED) is 0.840. The zero-order valence-electron chi connectivity index (χ0n) is 12.7. The molecular formula is C18H23NO. The molecule has 0 aromatic heterocycles. The van der Waals surface area contributed by atoms with Gasteiger partial charge in [0.15, 0.2) is 0 Å². The molecule has 0 amide bonds. The molecule has 0 aliphatic rings. The standard InChI is InChI=1S/C18H23NO/c1-5-15-8-6-7-13(3)18(15)19-14(4)16-10-9-12(2)11-17(16)20/h6-11,14,19-20H,5H2,1-4H3. The summed E-state index contributed by atoms with van der Waals surface area (Å²) in [6.07, 6.45) is 0.997. The minimum atomic E-state index is 0.0713. The fourth-order valence-electron chi connectivity index (χ4n) is 2.54. The van der Waals surface area contributed by atoms with Gasteiger partial charge >= 0.3 is 0 Å². The second-order valence-electron chi connectivity index (χ2n) is 5.39. The molecule has 0 saturated carbocycles. The summed E-state index contributed by atoms with van der Waals surface area (Å²) in [6, 6.07) is 12.3. The summed E-state index contributed by atoms with van der Waals surface area (Å²) in [5, 5.41) is 13.6. The lowest BCUT2D eigenvalue weighted by Gasteiger charge is -2.21. The lowest BCUT2D eigenvalue weighted by atomic mass is 10.0. The van der Waals surface area contributed by atoms with E-state index in [2.05, 4.69) is 44.3 Å². The van der Waals surface area contributed by atoms with E-state index < -0.39 is 0 Å². The molecule has 2 rings (SSSR count). The highest BCUT2D eigenvalue weighted by Crippen LogP contribution is 2.30. The Bertz CT molecular complexity index is 604. The Hall–Kier alpha value is -1.96. The fourth-order valence-corrected chi connectivity index (χ4v) is 2.54. The normalized spacial score (nSPS) is 12.2. The maximum atomic E-state index is 10.1. The molecule has 0 fully saturated rings. The first kappa shape index (κ1) is 14.4. The molecule has 2 aromatic rings. The lowest BCUT2D eigenvalue weighted by Crippen LogP contribution is -2.10. The summed E-state index contributed by atoms with van der Waals surface area (Å²) in [4.78, 5) is 0. The van der Waals surface area contributed by atoms with E-state index in [1.165, 1.54) is 16.8 Å². The summed E-state index contributed by atoms with van der Waals surface area (Å²) >= 11 is 0. The van der Waals surface area contributed by atoms with E-state index in [0.29, 0.717) is 5.75 Å². The summed E-state index contributed by atoms with van der Waals surface area (Å²) < 4.78 is 0. The van der Waals surface area contributed by atoms with Crippen LogP contribution in [-0.2, 0) is 6.42 Å². The Morgan fingerprint density at radius 2 is 1.90 bits per heavy atom. The first-order chi connectivity index (χ1) is 9.52. The van der Waals surface area contributed by atoms with Crippen LogP contribution in [0.1, 0.15) is 42.1 Å². The van der Waals surface area contributed by atoms with Crippen molar-refractivity contribution in [3.63, 3.8) is 0 Å². The van der Waals surface area contributed by atoms with Gasteiger partial charge in [0.1, 0.15) is 5.75 Å². The van der Waals surface area contributed by atoms with E-state index in [4.69, 9.17) is 0 Å². The molecule has 1 atom stereocenters. The van der Waals surface area contributed by atoms with Crippen LogP contribution in [0.3, 0.4) is 0 Å². The van der Waals surface area contributed by atoms with Crippen molar-refractivity contribution in [2.75, 3.05) is 5.32 Å². The topological polar surface area (TPSA) is 32.3 Å². The molecule has 2 nitrogen and oxygen atoms in total. The largest absolute Gasteiger partial charge is 0.508 e. The van der Waals surface area contributed by atoms with Crippen LogP contribution >= 0.6 is 0 Å². The molecule has 0 spiro atoms. The van der Waals surface area contributed by atoms with E-state index >= 15 is 0 Å². The van der Waals surface area contributed by atoms with Crippen LogP contribution in [0.5, 0.6) is 5.75 Å². The molecule has 2 aromatic carbocycles. The van der Waals surface area contributed by atoms with Crippen molar-refractivity contribution in [2.45, 2.75) is 40.2 Å². The fraction of sp³-hybridized carbons (Fsp3) is 0.333.